The Morgan fingerprint density at radius 2 is 2.38 bits per heavy atom. The summed E-state index contributed by atoms with van der Waals surface area (Å²) in [7, 11) is 1.95. The molecular weight excluding hydrogens is 330 g/mol. The largest absolute Gasteiger partial charge is 0.355 e. The van der Waals surface area contributed by atoms with Gasteiger partial charge in [0.25, 0.3) is 0 Å². The minimum atomic E-state index is -0.00293. The molecule has 0 fully saturated rings. The third kappa shape index (κ3) is 3.18. The van der Waals surface area contributed by atoms with Crippen molar-refractivity contribution >= 4 is 21.8 Å². The van der Waals surface area contributed by atoms with Crippen LogP contribution in [-0.4, -0.2) is 22.0 Å². The van der Waals surface area contributed by atoms with Crippen molar-refractivity contribution < 1.29 is 4.79 Å². The molecule has 1 aliphatic rings. The topological polar surface area (TPSA) is 46.9 Å². The van der Waals surface area contributed by atoms with Crippen molar-refractivity contribution in [3.8, 4) is 0 Å². The van der Waals surface area contributed by atoms with Crippen LogP contribution in [0.4, 0.5) is 0 Å². The molecule has 1 aromatic carbocycles. The van der Waals surface area contributed by atoms with Gasteiger partial charge in [0, 0.05) is 30.7 Å². The second kappa shape index (κ2) is 6.02. The Bertz CT molecular complexity index is 665. The molecule has 110 valence electrons. The third-order valence-electron chi connectivity index (χ3n) is 3.94. The molecule has 21 heavy (non-hydrogen) atoms. The lowest BCUT2D eigenvalue weighted by Gasteiger charge is -2.12. The van der Waals surface area contributed by atoms with E-state index in [0.717, 1.165) is 29.4 Å². The summed E-state index contributed by atoms with van der Waals surface area (Å²) < 4.78 is 3.00. The smallest absolute Gasteiger partial charge is 0.227 e. The Labute approximate surface area is 132 Å². The predicted octanol–water partition coefficient (Wildman–Crippen LogP) is 2.57. The van der Waals surface area contributed by atoms with Crippen LogP contribution in [0.15, 0.2) is 35.2 Å². The van der Waals surface area contributed by atoms with Gasteiger partial charge < -0.3 is 9.88 Å². The summed E-state index contributed by atoms with van der Waals surface area (Å²) in [4.78, 5) is 16.6. The van der Waals surface area contributed by atoms with Gasteiger partial charge in [-0.25, -0.2) is 4.98 Å². The van der Waals surface area contributed by atoms with E-state index in [1.165, 1.54) is 11.1 Å². The monoisotopic (exact) mass is 347 g/mol. The maximum Gasteiger partial charge on any atom is 0.227 e. The molecule has 0 radical (unpaired) electrons. The summed E-state index contributed by atoms with van der Waals surface area (Å²) in [6.07, 6.45) is 6.41. The first kappa shape index (κ1) is 14.3. The number of nitrogens with zero attached hydrogens (tertiary/aromatic N) is 2. The fourth-order valence-corrected chi connectivity index (χ4v) is 3.30. The first-order valence-electron chi connectivity index (χ1n) is 7.16. The van der Waals surface area contributed by atoms with Crippen LogP contribution >= 0.6 is 15.9 Å². The molecule has 4 nitrogen and oxygen atoms in total. The summed E-state index contributed by atoms with van der Waals surface area (Å²) in [6.45, 7) is 0.637. The van der Waals surface area contributed by atoms with Gasteiger partial charge in [-0.05, 0) is 36.1 Å². The van der Waals surface area contributed by atoms with Gasteiger partial charge in [-0.15, -0.1) is 0 Å². The van der Waals surface area contributed by atoms with Crippen molar-refractivity contribution in [2.45, 2.75) is 25.2 Å². The van der Waals surface area contributed by atoms with E-state index in [1.54, 1.807) is 6.33 Å². The van der Waals surface area contributed by atoms with E-state index in [2.05, 4.69) is 38.4 Å². The van der Waals surface area contributed by atoms with E-state index in [9.17, 15) is 4.79 Å². The van der Waals surface area contributed by atoms with Crippen molar-refractivity contribution in [3.63, 3.8) is 0 Å². The number of fused-ring (bicyclic) bond motifs is 1. The Morgan fingerprint density at radius 1 is 1.52 bits per heavy atom. The van der Waals surface area contributed by atoms with Crippen LogP contribution in [0.3, 0.4) is 0 Å². The highest BCUT2D eigenvalue weighted by Gasteiger charge is 2.28. The molecule has 1 aromatic heterocycles. The standard InChI is InChI=1S/C16H18BrN3O/c1-20-9-13(19-10-20)6-7-18-16(21)15-4-2-11-8-12(17)3-5-14(11)15/h3,5,8-10,15H,2,4,6-7H2,1H3,(H,18,21). The van der Waals surface area contributed by atoms with E-state index in [-0.39, 0.29) is 11.8 Å². The van der Waals surface area contributed by atoms with Crippen LogP contribution < -0.4 is 5.32 Å². The Kier molecular flexibility index (Phi) is 4.10. The molecule has 2 aromatic rings. The van der Waals surface area contributed by atoms with Crippen LogP contribution in [0.1, 0.15) is 29.2 Å². The summed E-state index contributed by atoms with van der Waals surface area (Å²) in [5.74, 6) is 0.129. The zero-order chi connectivity index (χ0) is 14.8. The highest BCUT2D eigenvalue weighted by Crippen LogP contribution is 2.34. The summed E-state index contributed by atoms with van der Waals surface area (Å²) in [6, 6.07) is 6.20. The molecule has 3 rings (SSSR count). The summed E-state index contributed by atoms with van der Waals surface area (Å²) in [5.41, 5.74) is 3.47. The van der Waals surface area contributed by atoms with Gasteiger partial charge in [0.05, 0.1) is 17.9 Å². The average molecular weight is 348 g/mol. The minimum absolute atomic E-state index is 0.00293. The molecule has 1 atom stereocenters. The second-order valence-corrected chi connectivity index (χ2v) is 6.42. The molecule has 1 unspecified atom stereocenters. The number of hydrogen-bond acceptors (Lipinski definition) is 2. The molecule has 0 saturated carbocycles. The first-order chi connectivity index (χ1) is 10.1. The lowest BCUT2D eigenvalue weighted by Crippen LogP contribution is -2.30. The molecule has 0 aliphatic heterocycles. The van der Waals surface area contributed by atoms with Crippen molar-refractivity contribution in [1.82, 2.24) is 14.9 Å². The number of rotatable bonds is 4. The molecule has 5 heteroatoms. The van der Waals surface area contributed by atoms with Gasteiger partial charge in [-0.2, -0.15) is 0 Å². The maximum atomic E-state index is 12.3. The van der Waals surface area contributed by atoms with Gasteiger partial charge in [0.1, 0.15) is 0 Å². The Hall–Kier alpha value is -1.62. The van der Waals surface area contributed by atoms with Crippen LogP contribution in [-0.2, 0) is 24.7 Å². The number of aromatic nitrogens is 2. The third-order valence-corrected chi connectivity index (χ3v) is 4.43. The Balaban J connectivity index is 1.57. The lowest BCUT2D eigenvalue weighted by atomic mass is 10.0. The number of carbonyl (C=O) groups excluding carboxylic acids is 1. The molecule has 1 aliphatic carbocycles. The van der Waals surface area contributed by atoms with Gasteiger partial charge >= 0.3 is 0 Å². The van der Waals surface area contributed by atoms with E-state index >= 15 is 0 Å². The van der Waals surface area contributed by atoms with Crippen molar-refractivity contribution in [2.75, 3.05) is 6.54 Å². The molecule has 0 bridgehead atoms. The van der Waals surface area contributed by atoms with Gasteiger partial charge in [0.2, 0.25) is 5.91 Å². The fourth-order valence-electron chi connectivity index (χ4n) is 2.89. The van der Waals surface area contributed by atoms with Gasteiger partial charge in [-0.3, -0.25) is 4.79 Å². The number of imidazole rings is 1. The highest BCUT2D eigenvalue weighted by atomic mass is 79.9. The van der Waals surface area contributed by atoms with Crippen molar-refractivity contribution in [3.05, 3.63) is 52.0 Å². The minimum Gasteiger partial charge on any atom is -0.355 e. The molecule has 0 saturated heterocycles. The number of aryl methyl sites for hydroxylation is 2. The number of amides is 1. The highest BCUT2D eigenvalue weighted by molar-refractivity contribution is 9.10. The normalized spacial score (nSPS) is 16.8. The predicted molar refractivity (Wildman–Crippen MR) is 85.1 cm³/mol. The van der Waals surface area contributed by atoms with E-state index < -0.39 is 0 Å². The zero-order valence-corrected chi connectivity index (χ0v) is 13.6. The van der Waals surface area contributed by atoms with E-state index in [0.29, 0.717) is 6.54 Å². The molecule has 1 heterocycles. The van der Waals surface area contributed by atoms with Crippen molar-refractivity contribution in [1.29, 1.82) is 0 Å². The SMILES string of the molecule is Cn1cnc(CCNC(=O)C2CCc3cc(Br)ccc32)c1. The number of halogens is 1. The first-order valence-corrected chi connectivity index (χ1v) is 7.95. The van der Waals surface area contributed by atoms with Crippen LogP contribution in [0.25, 0.3) is 0 Å². The van der Waals surface area contributed by atoms with Crippen LogP contribution in [0.5, 0.6) is 0 Å². The van der Waals surface area contributed by atoms with E-state index in [4.69, 9.17) is 0 Å². The lowest BCUT2D eigenvalue weighted by molar-refractivity contribution is -0.122. The number of benzene rings is 1. The van der Waals surface area contributed by atoms with Gasteiger partial charge in [-0.1, -0.05) is 22.0 Å². The molecular formula is C16H18BrN3O. The zero-order valence-electron chi connectivity index (χ0n) is 12.0. The Morgan fingerprint density at radius 3 is 3.14 bits per heavy atom. The summed E-state index contributed by atoms with van der Waals surface area (Å²) >= 11 is 3.48. The molecule has 1 N–H and O–H groups in total. The van der Waals surface area contributed by atoms with Crippen molar-refractivity contribution in [2.24, 2.45) is 7.05 Å². The average Bonchev–Trinajstić information content (AvgIpc) is 3.04. The second-order valence-electron chi connectivity index (χ2n) is 5.51. The number of hydrogen-bond donors (Lipinski definition) is 1. The van der Waals surface area contributed by atoms with Crippen LogP contribution in [0.2, 0.25) is 0 Å². The number of nitrogens with one attached hydrogen (secondary N) is 1. The van der Waals surface area contributed by atoms with Gasteiger partial charge in [0.15, 0.2) is 0 Å². The summed E-state index contributed by atoms with van der Waals surface area (Å²) in [5, 5.41) is 3.04. The quantitative estimate of drug-likeness (QED) is 0.923. The maximum absolute atomic E-state index is 12.3. The molecule has 1 amide bonds. The molecule has 0 spiro atoms. The fraction of sp³-hybridized carbons (Fsp3) is 0.375. The van der Waals surface area contributed by atoms with Crippen LogP contribution in [0, 0.1) is 0 Å². The van der Waals surface area contributed by atoms with E-state index in [1.807, 2.05) is 23.9 Å². The number of carbonyl (C=O) groups is 1.